The maximum absolute atomic E-state index is 12.1. The molecule has 0 saturated heterocycles. The lowest BCUT2D eigenvalue weighted by atomic mass is 9.99. The SMILES string of the molecule is O=C1C(c2ccc(O)cc2)=CN1c1c(O)cc(O)cc1O. The van der Waals surface area contributed by atoms with Gasteiger partial charge in [0.15, 0.2) is 0 Å². The van der Waals surface area contributed by atoms with Crippen molar-refractivity contribution >= 4 is 17.2 Å². The number of phenolic OH excluding ortho intramolecular Hbond substituents is 4. The van der Waals surface area contributed by atoms with Crippen molar-refractivity contribution < 1.29 is 25.2 Å². The standard InChI is InChI=1S/C15H11NO5/c17-9-3-1-8(2-4-9)11-7-16(15(11)21)14-12(19)5-10(18)6-13(14)20/h1-7,17-20H. The van der Waals surface area contributed by atoms with Crippen molar-refractivity contribution in [3.63, 3.8) is 0 Å². The number of phenols is 4. The molecule has 6 heteroatoms. The van der Waals surface area contributed by atoms with Gasteiger partial charge in [0.2, 0.25) is 0 Å². The molecule has 1 aliphatic rings. The van der Waals surface area contributed by atoms with Crippen molar-refractivity contribution in [2.24, 2.45) is 0 Å². The van der Waals surface area contributed by atoms with Gasteiger partial charge in [-0.15, -0.1) is 0 Å². The smallest absolute Gasteiger partial charge is 0.264 e. The van der Waals surface area contributed by atoms with E-state index >= 15 is 0 Å². The van der Waals surface area contributed by atoms with E-state index in [0.717, 1.165) is 17.0 Å². The fourth-order valence-corrected chi connectivity index (χ4v) is 2.15. The van der Waals surface area contributed by atoms with Crippen molar-refractivity contribution in [1.29, 1.82) is 0 Å². The molecule has 2 aromatic carbocycles. The summed E-state index contributed by atoms with van der Waals surface area (Å²) in [7, 11) is 0. The molecule has 0 spiro atoms. The Labute approximate surface area is 119 Å². The number of benzene rings is 2. The third-order valence-corrected chi connectivity index (χ3v) is 3.18. The number of hydrogen-bond acceptors (Lipinski definition) is 5. The molecule has 1 heterocycles. The van der Waals surface area contributed by atoms with Gasteiger partial charge in [-0.1, -0.05) is 12.1 Å². The highest BCUT2D eigenvalue weighted by atomic mass is 16.3. The minimum Gasteiger partial charge on any atom is -0.508 e. The normalized spacial score (nSPS) is 13.8. The van der Waals surface area contributed by atoms with Crippen molar-refractivity contribution in [3.05, 3.63) is 48.2 Å². The summed E-state index contributed by atoms with van der Waals surface area (Å²) in [5.41, 5.74) is 0.925. The van der Waals surface area contributed by atoms with Crippen LogP contribution < -0.4 is 4.90 Å². The van der Waals surface area contributed by atoms with Gasteiger partial charge in [-0.2, -0.15) is 0 Å². The van der Waals surface area contributed by atoms with Crippen LogP contribution in [0.25, 0.3) is 5.57 Å². The summed E-state index contributed by atoms with van der Waals surface area (Å²) in [6.45, 7) is 0. The van der Waals surface area contributed by atoms with Crippen LogP contribution in [-0.2, 0) is 4.79 Å². The van der Waals surface area contributed by atoms with Crippen LogP contribution in [0.15, 0.2) is 42.6 Å². The van der Waals surface area contributed by atoms with Crippen molar-refractivity contribution in [2.75, 3.05) is 4.90 Å². The first-order valence-corrected chi connectivity index (χ1v) is 6.07. The van der Waals surface area contributed by atoms with Crippen molar-refractivity contribution in [3.8, 4) is 23.0 Å². The first-order chi connectivity index (χ1) is 9.97. The van der Waals surface area contributed by atoms with Crippen LogP contribution in [0, 0.1) is 0 Å². The summed E-state index contributed by atoms with van der Waals surface area (Å²) in [6.07, 6.45) is 1.46. The number of nitrogens with zero attached hydrogens (tertiary/aromatic N) is 1. The Bertz CT molecular complexity index is 741. The van der Waals surface area contributed by atoms with Crippen LogP contribution in [0.1, 0.15) is 5.56 Å². The summed E-state index contributed by atoms with van der Waals surface area (Å²) in [5, 5.41) is 38.0. The lowest BCUT2D eigenvalue weighted by Gasteiger charge is -2.30. The highest BCUT2D eigenvalue weighted by Crippen LogP contribution is 2.44. The molecule has 0 saturated carbocycles. The minimum absolute atomic E-state index is 0.0830. The number of anilines is 1. The fraction of sp³-hybridized carbons (Fsp3) is 0. The zero-order valence-electron chi connectivity index (χ0n) is 10.7. The van der Waals surface area contributed by atoms with Gasteiger partial charge in [0.25, 0.3) is 5.91 Å². The maximum Gasteiger partial charge on any atom is 0.264 e. The predicted molar refractivity (Wildman–Crippen MR) is 75.0 cm³/mol. The number of aromatic hydroxyl groups is 4. The van der Waals surface area contributed by atoms with Gasteiger partial charge in [-0.05, 0) is 17.7 Å². The van der Waals surface area contributed by atoms with Crippen LogP contribution in [-0.4, -0.2) is 26.3 Å². The van der Waals surface area contributed by atoms with Gasteiger partial charge in [-0.25, -0.2) is 0 Å². The van der Waals surface area contributed by atoms with Crippen molar-refractivity contribution in [2.45, 2.75) is 0 Å². The van der Waals surface area contributed by atoms with E-state index in [0.29, 0.717) is 11.1 Å². The number of carbonyl (C=O) groups is 1. The van der Waals surface area contributed by atoms with Crippen LogP contribution in [0.3, 0.4) is 0 Å². The molecule has 0 unspecified atom stereocenters. The second kappa shape index (κ2) is 4.45. The Kier molecular flexibility index (Phi) is 2.72. The van der Waals surface area contributed by atoms with E-state index in [2.05, 4.69) is 0 Å². The second-order valence-corrected chi connectivity index (χ2v) is 4.60. The van der Waals surface area contributed by atoms with E-state index in [-0.39, 0.29) is 17.2 Å². The number of rotatable bonds is 2. The molecule has 1 aliphatic heterocycles. The molecule has 1 amide bonds. The first kappa shape index (κ1) is 12.9. The molecule has 0 aromatic heterocycles. The average molecular weight is 285 g/mol. The van der Waals surface area contributed by atoms with Crippen LogP contribution in [0.5, 0.6) is 23.0 Å². The number of hydrogen-bond donors (Lipinski definition) is 4. The minimum atomic E-state index is -0.406. The summed E-state index contributed by atoms with van der Waals surface area (Å²) >= 11 is 0. The molecule has 0 fully saturated rings. The van der Waals surface area contributed by atoms with Gasteiger partial charge in [0.05, 0.1) is 5.57 Å². The van der Waals surface area contributed by atoms with Gasteiger partial charge in [0.1, 0.15) is 28.7 Å². The molecular formula is C15H11NO5. The van der Waals surface area contributed by atoms with E-state index < -0.39 is 17.4 Å². The summed E-state index contributed by atoms with van der Waals surface area (Å²) < 4.78 is 0. The van der Waals surface area contributed by atoms with Gasteiger partial charge in [-0.3, -0.25) is 9.69 Å². The van der Waals surface area contributed by atoms with E-state index in [9.17, 15) is 25.2 Å². The first-order valence-electron chi connectivity index (χ1n) is 6.07. The molecule has 6 nitrogen and oxygen atoms in total. The van der Waals surface area contributed by atoms with E-state index in [1.165, 1.54) is 18.3 Å². The molecular weight excluding hydrogens is 274 g/mol. The molecule has 0 atom stereocenters. The summed E-state index contributed by atoms with van der Waals surface area (Å²) in [6, 6.07) is 8.17. The van der Waals surface area contributed by atoms with E-state index in [4.69, 9.17) is 0 Å². The lowest BCUT2D eigenvalue weighted by Crippen LogP contribution is -2.35. The number of amides is 1. The maximum atomic E-state index is 12.1. The molecule has 3 rings (SSSR count). The monoisotopic (exact) mass is 285 g/mol. The summed E-state index contributed by atoms with van der Waals surface area (Å²) in [5.74, 6) is -1.41. The lowest BCUT2D eigenvalue weighted by molar-refractivity contribution is -0.113. The van der Waals surface area contributed by atoms with Crippen LogP contribution in [0.2, 0.25) is 0 Å². The molecule has 0 bridgehead atoms. The Morgan fingerprint density at radius 1 is 0.810 bits per heavy atom. The van der Waals surface area contributed by atoms with E-state index in [1.807, 2.05) is 0 Å². The quantitative estimate of drug-likeness (QED) is 0.675. The zero-order chi connectivity index (χ0) is 15.1. The highest BCUT2D eigenvalue weighted by molar-refractivity contribution is 6.34. The largest absolute Gasteiger partial charge is 0.508 e. The topological polar surface area (TPSA) is 101 Å². The molecule has 0 radical (unpaired) electrons. The number of carbonyl (C=O) groups excluding carboxylic acids is 1. The molecule has 4 N–H and O–H groups in total. The molecule has 0 aliphatic carbocycles. The Morgan fingerprint density at radius 3 is 1.90 bits per heavy atom. The third-order valence-electron chi connectivity index (χ3n) is 3.18. The Balaban J connectivity index is 1.98. The van der Waals surface area contributed by atoms with Gasteiger partial charge >= 0.3 is 0 Å². The van der Waals surface area contributed by atoms with E-state index in [1.54, 1.807) is 12.1 Å². The second-order valence-electron chi connectivity index (χ2n) is 4.60. The summed E-state index contributed by atoms with van der Waals surface area (Å²) in [4.78, 5) is 13.2. The average Bonchev–Trinajstić information content (AvgIpc) is 2.42. The van der Waals surface area contributed by atoms with Crippen LogP contribution in [0.4, 0.5) is 5.69 Å². The fourth-order valence-electron chi connectivity index (χ4n) is 2.15. The zero-order valence-corrected chi connectivity index (χ0v) is 10.7. The van der Waals surface area contributed by atoms with Gasteiger partial charge in [0, 0.05) is 18.3 Å². The Morgan fingerprint density at radius 2 is 1.38 bits per heavy atom. The molecule has 21 heavy (non-hydrogen) atoms. The Hall–Kier alpha value is -3.15. The third kappa shape index (κ3) is 2.02. The van der Waals surface area contributed by atoms with Gasteiger partial charge < -0.3 is 20.4 Å². The molecule has 2 aromatic rings. The highest BCUT2D eigenvalue weighted by Gasteiger charge is 2.33. The van der Waals surface area contributed by atoms with Crippen molar-refractivity contribution in [1.82, 2.24) is 0 Å². The van der Waals surface area contributed by atoms with Crippen LogP contribution >= 0.6 is 0 Å². The predicted octanol–water partition coefficient (Wildman–Crippen LogP) is 1.90. The molecule has 106 valence electrons.